The van der Waals surface area contributed by atoms with E-state index in [1.54, 1.807) is 0 Å². The van der Waals surface area contributed by atoms with E-state index in [1.165, 1.54) is 128 Å². The Kier molecular flexibility index (Phi) is 48.2. The van der Waals surface area contributed by atoms with Gasteiger partial charge < -0.3 is 28.5 Å². The highest BCUT2D eigenvalue weighted by Gasteiger charge is 2.27. The van der Waals surface area contributed by atoms with Crippen molar-refractivity contribution >= 4 is 19.7 Å². The Morgan fingerprint density at radius 2 is 0.929 bits per heavy atom. The van der Waals surface area contributed by atoms with Crippen LogP contribution in [0.4, 0.5) is 0 Å². The first kappa shape index (κ1) is 67.5. The summed E-state index contributed by atoms with van der Waals surface area (Å²) in [4.78, 5) is 39.8. The molecule has 0 aliphatic rings. The van der Waals surface area contributed by atoms with Crippen molar-refractivity contribution in [3.05, 3.63) is 72.9 Å². The highest BCUT2D eigenvalue weighted by molar-refractivity contribution is 7.45. The van der Waals surface area contributed by atoms with Gasteiger partial charge in [-0.25, -0.2) is 0 Å². The van der Waals surface area contributed by atoms with Crippen LogP contribution in [0.5, 0.6) is 0 Å². The molecule has 406 valence electrons. The van der Waals surface area contributed by atoms with Crippen molar-refractivity contribution in [1.29, 1.82) is 0 Å². The van der Waals surface area contributed by atoms with E-state index in [2.05, 4.69) is 86.8 Å². The average molecular weight is 1000 g/mol. The van der Waals surface area contributed by atoms with Crippen molar-refractivity contribution in [3.63, 3.8) is 0 Å². The monoisotopic (exact) mass is 1000 g/mol. The average Bonchev–Trinajstić information content (AvgIpc) is 3.32. The van der Waals surface area contributed by atoms with Gasteiger partial charge in [0.05, 0.1) is 33.8 Å². The van der Waals surface area contributed by atoms with Gasteiger partial charge in [0.15, 0.2) is 0 Å². The van der Waals surface area contributed by atoms with E-state index < -0.39 is 26.6 Å². The Morgan fingerprint density at radius 1 is 0.514 bits per heavy atom. The molecule has 0 radical (unpaired) electrons. The summed E-state index contributed by atoms with van der Waals surface area (Å²) in [6, 6.07) is -0.917. The number of unbranched alkanes of at least 4 members (excludes halogenated alkanes) is 25. The van der Waals surface area contributed by atoms with Crippen LogP contribution >= 0.6 is 7.82 Å². The molecule has 3 atom stereocenters. The molecule has 70 heavy (non-hydrogen) atoms. The fraction of sp³-hybridized carbons (Fsp3) is 0.767. The van der Waals surface area contributed by atoms with E-state index in [0.29, 0.717) is 17.4 Å². The van der Waals surface area contributed by atoms with Gasteiger partial charge >= 0.3 is 5.97 Å². The Hall–Kier alpha value is -2.55. The molecule has 0 heterocycles. The smallest absolute Gasteiger partial charge is 0.306 e. The second kappa shape index (κ2) is 50.0. The molecule has 0 aliphatic carbocycles. The predicted octanol–water partition coefficient (Wildman–Crippen LogP) is 16.6. The quantitative estimate of drug-likeness (QED) is 0.0212. The summed E-state index contributed by atoms with van der Waals surface area (Å²) in [5, 5.41) is 2.99. The lowest BCUT2D eigenvalue weighted by molar-refractivity contribution is -0.870. The summed E-state index contributed by atoms with van der Waals surface area (Å²) in [6.45, 7) is 6.68. The molecule has 0 aromatic heterocycles. The van der Waals surface area contributed by atoms with Gasteiger partial charge in [0, 0.05) is 12.8 Å². The standard InChI is InChI=1S/C60H109N2O7P/c1-7-10-13-16-19-22-25-28-30-31-32-34-37-40-43-46-49-52-59(63)61-57(56-68-70(65,66)67-55-54-62(4,5)6)58(51-48-45-42-39-36-33-27-24-21-18-15-12-9-3)69-60(64)53-50-47-44-41-38-35-29-26-23-20-17-14-11-8-2/h10,13,19,22,28,30,32,34,40,43,48,51,57-58H,7-9,11-12,14-18,20-21,23-27,29,31,33,35-39,41-42,44-47,49-50,52-56H2,1-6H3,(H-,61,63,65,66)/b13-10-,22-19-,30-28-,34-32-,43-40-,51-48+. The number of likely N-dealkylation sites (N-methyl/N-ethyl adjacent to an activating group) is 1. The molecule has 0 bridgehead atoms. The zero-order valence-corrected chi connectivity index (χ0v) is 47.1. The lowest BCUT2D eigenvalue weighted by Crippen LogP contribution is -2.47. The number of hydrogen-bond acceptors (Lipinski definition) is 7. The van der Waals surface area contributed by atoms with Gasteiger partial charge in [-0.05, 0) is 70.3 Å². The van der Waals surface area contributed by atoms with Crippen LogP contribution < -0.4 is 10.2 Å². The molecule has 0 aromatic rings. The van der Waals surface area contributed by atoms with E-state index in [9.17, 15) is 19.0 Å². The maximum Gasteiger partial charge on any atom is 0.306 e. The summed E-state index contributed by atoms with van der Waals surface area (Å²) in [6.07, 6.45) is 63.0. The molecule has 0 aromatic carbocycles. The van der Waals surface area contributed by atoms with E-state index in [-0.39, 0.29) is 31.3 Å². The van der Waals surface area contributed by atoms with Gasteiger partial charge in [-0.2, -0.15) is 0 Å². The number of nitrogens with one attached hydrogen (secondary N) is 1. The second-order valence-corrected chi connectivity index (χ2v) is 21.8. The van der Waals surface area contributed by atoms with E-state index in [4.69, 9.17) is 13.8 Å². The third-order valence-electron chi connectivity index (χ3n) is 12.4. The molecule has 9 nitrogen and oxygen atoms in total. The van der Waals surface area contributed by atoms with Gasteiger partial charge in [-0.1, -0.05) is 235 Å². The van der Waals surface area contributed by atoms with Crippen LogP contribution in [0.15, 0.2) is 72.9 Å². The largest absolute Gasteiger partial charge is 0.756 e. The summed E-state index contributed by atoms with van der Waals surface area (Å²) >= 11 is 0. The number of esters is 1. The number of amides is 1. The number of rotatable bonds is 51. The van der Waals surface area contributed by atoms with Crippen molar-refractivity contribution < 1.29 is 37.3 Å². The first-order valence-corrected chi connectivity index (χ1v) is 30.2. The number of carbonyl (C=O) groups excluding carboxylic acids is 2. The topological polar surface area (TPSA) is 114 Å². The summed E-state index contributed by atoms with van der Waals surface area (Å²) in [5.74, 6) is -0.607. The number of ether oxygens (including phenoxy) is 1. The molecule has 0 saturated heterocycles. The van der Waals surface area contributed by atoms with E-state index >= 15 is 0 Å². The van der Waals surface area contributed by atoms with Gasteiger partial charge in [0.2, 0.25) is 5.91 Å². The SMILES string of the molecule is CC/C=C\C/C=C\C/C=C\C/C=C\C/C=C\CCCC(=O)NC(COP(=O)([O-])OCC[N+](C)(C)C)C(/C=C/CCCCCCCCCCCCC)OC(=O)CCCCCCCCCCCCCCCC. The van der Waals surface area contributed by atoms with Crippen LogP contribution in [0.2, 0.25) is 0 Å². The van der Waals surface area contributed by atoms with Crippen molar-refractivity contribution in [2.75, 3.05) is 40.9 Å². The van der Waals surface area contributed by atoms with Crippen molar-refractivity contribution in [2.45, 2.75) is 258 Å². The first-order chi connectivity index (χ1) is 33.9. The summed E-state index contributed by atoms with van der Waals surface area (Å²) in [7, 11) is 1.15. The molecule has 0 rings (SSSR count). The zero-order chi connectivity index (χ0) is 51.5. The number of phosphoric acid groups is 1. The first-order valence-electron chi connectivity index (χ1n) is 28.7. The molecule has 1 amide bonds. The second-order valence-electron chi connectivity index (χ2n) is 20.4. The lowest BCUT2D eigenvalue weighted by Gasteiger charge is -2.30. The van der Waals surface area contributed by atoms with Gasteiger partial charge in [-0.15, -0.1) is 0 Å². The lowest BCUT2D eigenvalue weighted by atomic mass is 10.0. The minimum Gasteiger partial charge on any atom is -0.756 e. The van der Waals surface area contributed by atoms with Gasteiger partial charge in [0.1, 0.15) is 19.3 Å². The summed E-state index contributed by atoms with van der Waals surface area (Å²) < 4.78 is 30.2. The van der Waals surface area contributed by atoms with Crippen LogP contribution in [0, 0.1) is 0 Å². The predicted molar refractivity (Wildman–Crippen MR) is 298 cm³/mol. The van der Waals surface area contributed by atoms with Crippen LogP contribution in [0.1, 0.15) is 245 Å². The summed E-state index contributed by atoms with van der Waals surface area (Å²) in [5.41, 5.74) is 0. The minimum atomic E-state index is -4.71. The zero-order valence-electron chi connectivity index (χ0n) is 46.2. The van der Waals surface area contributed by atoms with Crippen molar-refractivity contribution in [2.24, 2.45) is 0 Å². The van der Waals surface area contributed by atoms with Crippen LogP contribution in [0.25, 0.3) is 0 Å². The third kappa shape index (κ3) is 50.4. The number of allylic oxidation sites excluding steroid dienone is 11. The maximum absolute atomic E-state index is 13.5. The number of nitrogens with zero attached hydrogens (tertiary/aromatic N) is 1. The molecule has 3 unspecified atom stereocenters. The molecule has 1 N–H and O–H groups in total. The Morgan fingerprint density at radius 3 is 1.39 bits per heavy atom. The fourth-order valence-electron chi connectivity index (χ4n) is 7.97. The third-order valence-corrected chi connectivity index (χ3v) is 13.4. The maximum atomic E-state index is 13.5. The van der Waals surface area contributed by atoms with Crippen LogP contribution in [-0.2, 0) is 27.9 Å². The molecular formula is C60H109N2O7P. The van der Waals surface area contributed by atoms with Gasteiger partial charge in [0.25, 0.3) is 7.82 Å². The van der Waals surface area contributed by atoms with Crippen LogP contribution in [0.3, 0.4) is 0 Å². The number of hydrogen-bond donors (Lipinski definition) is 1. The normalized spacial score (nSPS) is 14.3. The molecule has 10 heteroatoms. The minimum absolute atomic E-state index is 0.0342. The molecule has 0 spiro atoms. The van der Waals surface area contributed by atoms with Crippen molar-refractivity contribution in [1.82, 2.24) is 5.32 Å². The Bertz CT molecular complexity index is 1430. The van der Waals surface area contributed by atoms with Crippen LogP contribution in [-0.4, -0.2) is 69.4 Å². The Balaban J connectivity index is 5.46. The molecule has 0 saturated carbocycles. The molecule has 0 aliphatic heterocycles. The van der Waals surface area contributed by atoms with Crippen molar-refractivity contribution in [3.8, 4) is 0 Å². The van der Waals surface area contributed by atoms with E-state index in [0.717, 1.165) is 77.0 Å². The highest BCUT2D eigenvalue weighted by Crippen LogP contribution is 2.38. The Labute approximate surface area is 432 Å². The number of quaternary nitrogens is 1. The molecular weight excluding hydrogens is 892 g/mol. The number of phosphoric ester groups is 1. The fourth-order valence-corrected chi connectivity index (χ4v) is 8.69. The highest BCUT2D eigenvalue weighted by atomic mass is 31.2. The number of carbonyl (C=O) groups is 2. The molecule has 0 fully saturated rings. The van der Waals surface area contributed by atoms with E-state index in [1.807, 2.05) is 33.3 Å². The van der Waals surface area contributed by atoms with Gasteiger partial charge in [-0.3, -0.25) is 14.2 Å².